The maximum atomic E-state index is 10.4. The summed E-state index contributed by atoms with van der Waals surface area (Å²) in [6, 6.07) is 6.47. The van der Waals surface area contributed by atoms with Gasteiger partial charge in [-0.25, -0.2) is 0 Å². The maximum Gasteiger partial charge on any atom is 0.132 e. The molecule has 0 atom stereocenters. The SMILES string of the molecule is N#Cc1ccc(NCCO)c(N=O)c1. The standard InChI is InChI=1S/C9H9N3O2/c10-6-7-1-2-8(11-3-4-13)9(5-7)12-14/h1-2,5,11,13H,3-4H2. The number of aliphatic hydroxyl groups excluding tert-OH is 1. The van der Waals surface area contributed by atoms with Crippen LogP contribution >= 0.6 is 0 Å². The molecule has 1 aromatic carbocycles. The average molecular weight is 191 g/mol. The molecule has 2 N–H and O–H groups in total. The first kappa shape index (κ1) is 10.2. The highest BCUT2D eigenvalue weighted by Crippen LogP contribution is 2.25. The van der Waals surface area contributed by atoms with Gasteiger partial charge in [-0.05, 0) is 23.4 Å². The number of benzene rings is 1. The van der Waals surface area contributed by atoms with Crippen molar-refractivity contribution in [3.8, 4) is 6.07 Å². The van der Waals surface area contributed by atoms with Crippen LogP contribution in [0.1, 0.15) is 5.56 Å². The van der Waals surface area contributed by atoms with Crippen LogP contribution in [0.25, 0.3) is 0 Å². The van der Waals surface area contributed by atoms with Crippen molar-refractivity contribution < 1.29 is 5.11 Å². The van der Waals surface area contributed by atoms with E-state index < -0.39 is 0 Å². The lowest BCUT2D eigenvalue weighted by Crippen LogP contribution is -2.05. The monoisotopic (exact) mass is 191 g/mol. The third kappa shape index (κ3) is 2.28. The van der Waals surface area contributed by atoms with Crippen LogP contribution in [0.5, 0.6) is 0 Å². The first-order valence-corrected chi connectivity index (χ1v) is 4.04. The summed E-state index contributed by atoms with van der Waals surface area (Å²) < 4.78 is 0. The molecule has 1 rings (SSSR count). The Balaban J connectivity index is 2.94. The van der Waals surface area contributed by atoms with Crippen molar-refractivity contribution in [2.45, 2.75) is 0 Å². The molecule has 0 amide bonds. The number of nitrogens with one attached hydrogen (secondary N) is 1. The lowest BCUT2D eigenvalue weighted by atomic mass is 10.2. The third-order valence-corrected chi connectivity index (χ3v) is 1.65. The molecule has 14 heavy (non-hydrogen) atoms. The molecule has 0 spiro atoms. The first-order valence-electron chi connectivity index (χ1n) is 4.04. The number of nitriles is 1. The minimum Gasteiger partial charge on any atom is -0.395 e. The smallest absolute Gasteiger partial charge is 0.132 e. The fourth-order valence-electron chi connectivity index (χ4n) is 1.02. The Labute approximate surface area is 81.0 Å². The molecule has 0 saturated heterocycles. The molecule has 0 bridgehead atoms. The molecule has 0 heterocycles. The second kappa shape index (κ2) is 4.94. The van der Waals surface area contributed by atoms with Gasteiger partial charge in [0.05, 0.1) is 23.9 Å². The Bertz CT molecular complexity index is 371. The maximum absolute atomic E-state index is 10.4. The van der Waals surface area contributed by atoms with Crippen LogP contribution in [0.3, 0.4) is 0 Å². The second-order valence-corrected chi connectivity index (χ2v) is 2.59. The van der Waals surface area contributed by atoms with Gasteiger partial charge in [0, 0.05) is 6.54 Å². The van der Waals surface area contributed by atoms with E-state index in [1.165, 1.54) is 6.07 Å². The molecule has 0 saturated carbocycles. The van der Waals surface area contributed by atoms with Crippen LogP contribution in [-0.4, -0.2) is 18.3 Å². The van der Waals surface area contributed by atoms with E-state index >= 15 is 0 Å². The molecule has 0 fully saturated rings. The van der Waals surface area contributed by atoms with Gasteiger partial charge in [0.25, 0.3) is 0 Å². The van der Waals surface area contributed by atoms with E-state index in [0.717, 1.165) is 0 Å². The molecule has 0 radical (unpaired) electrons. The summed E-state index contributed by atoms with van der Waals surface area (Å²) in [5.74, 6) is 0. The quantitative estimate of drug-likeness (QED) is 0.703. The normalized spacial score (nSPS) is 9.14. The first-order chi connectivity index (χ1) is 6.81. The van der Waals surface area contributed by atoms with Crippen molar-refractivity contribution in [3.63, 3.8) is 0 Å². The minimum atomic E-state index is -0.0295. The largest absolute Gasteiger partial charge is 0.395 e. The van der Waals surface area contributed by atoms with Gasteiger partial charge in [-0.3, -0.25) is 0 Å². The van der Waals surface area contributed by atoms with Crippen LogP contribution in [-0.2, 0) is 0 Å². The zero-order chi connectivity index (χ0) is 10.4. The number of hydrogen-bond acceptors (Lipinski definition) is 5. The zero-order valence-corrected chi connectivity index (χ0v) is 7.40. The summed E-state index contributed by atoms with van der Waals surface area (Å²) >= 11 is 0. The van der Waals surface area contributed by atoms with Gasteiger partial charge in [0.15, 0.2) is 0 Å². The summed E-state index contributed by atoms with van der Waals surface area (Å²) in [5.41, 5.74) is 1.08. The Morgan fingerprint density at radius 1 is 1.57 bits per heavy atom. The number of nitroso groups, excluding NO2 is 1. The predicted molar refractivity (Wildman–Crippen MR) is 52.2 cm³/mol. The topological polar surface area (TPSA) is 85.5 Å². The molecule has 72 valence electrons. The Morgan fingerprint density at radius 2 is 2.36 bits per heavy atom. The molecule has 5 nitrogen and oxygen atoms in total. The molecule has 0 aromatic heterocycles. The van der Waals surface area contributed by atoms with Gasteiger partial charge in [-0.15, -0.1) is 4.91 Å². The molecule has 5 heteroatoms. The van der Waals surface area contributed by atoms with Gasteiger partial charge < -0.3 is 10.4 Å². The van der Waals surface area contributed by atoms with E-state index in [-0.39, 0.29) is 12.3 Å². The van der Waals surface area contributed by atoms with E-state index in [9.17, 15) is 4.91 Å². The van der Waals surface area contributed by atoms with Crippen LogP contribution in [0, 0.1) is 16.2 Å². The van der Waals surface area contributed by atoms with Crippen LogP contribution in [0.4, 0.5) is 11.4 Å². The van der Waals surface area contributed by atoms with Crippen molar-refractivity contribution in [1.29, 1.82) is 5.26 Å². The van der Waals surface area contributed by atoms with Gasteiger partial charge in [-0.1, -0.05) is 0 Å². The van der Waals surface area contributed by atoms with E-state index in [2.05, 4.69) is 10.5 Å². The highest BCUT2D eigenvalue weighted by molar-refractivity contribution is 5.67. The van der Waals surface area contributed by atoms with Crippen molar-refractivity contribution in [2.75, 3.05) is 18.5 Å². The molecule has 0 aliphatic rings. The van der Waals surface area contributed by atoms with Crippen LogP contribution in [0.2, 0.25) is 0 Å². The summed E-state index contributed by atoms with van der Waals surface area (Å²) in [6.45, 7) is 0.312. The highest BCUT2D eigenvalue weighted by atomic mass is 16.3. The molecule has 0 aliphatic carbocycles. The lowest BCUT2D eigenvalue weighted by molar-refractivity contribution is 0.311. The second-order valence-electron chi connectivity index (χ2n) is 2.59. The van der Waals surface area contributed by atoms with Gasteiger partial charge >= 0.3 is 0 Å². The van der Waals surface area contributed by atoms with Crippen molar-refractivity contribution in [3.05, 3.63) is 28.7 Å². The zero-order valence-electron chi connectivity index (χ0n) is 7.40. The molecule has 0 aliphatic heterocycles. The fourth-order valence-corrected chi connectivity index (χ4v) is 1.02. The van der Waals surface area contributed by atoms with Crippen LogP contribution < -0.4 is 5.32 Å². The van der Waals surface area contributed by atoms with Crippen molar-refractivity contribution in [1.82, 2.24) is 0 Å². The average Bonchev–Trinajstić information content (AvgIpc) is 2.26. The molecular formula is C9H9N3O2. The van der Waals surface area contributed by atoms with E-state index in [1.54, 1.807) is 12.1 Å². The van der Waals surface area contributed by atoms with Gasteiger partial charge in [-0.2, -0.15) is 5.26 Å². The Kier molecular flexibility index (Phi) is 3.58. The summed E-state index contributed by atoms with van der Waals surface area (Å²) in [4.78, 5) is 10.4. The summed E-state index contributed by atoms with van der Waals surface area (Å²) in [7, 11) is 0. The van der Waals surface area contributed by atoms with E-state index in [4.69, 9.17) is 10.4 Å². The molecule has 1 aromatic rings. The van der Waals surface area contributed by atoms with E-state index in [0.29, 0.717) is 17.8 Å². The minimum absolute atomic E-state index is 0.0295. The van der Waals surface area contributed by atoms with Crippen molar-refractivity contribution >= 4 is 11.4 Å². The number of aliphatic hydroxyl groups is 1. The van der Waals surface area contributed by atoms with Crippen molar-refractivity contribution in [2.24, 2.45) is 5.18 Å². The number of hydrogen-bond donors (Lipinski definition) is 2. The molecule has 0 unspecified atom stereocenters. The highest BCUT2D eigenvalue weighted by Gasteiger charge is 2.03. The third-order valence-electron chi connectivity index (χ3n) is 1.65. The Hall–Kier alpha value is -1.93. The predicted octanol–water partition coefficient (Wildman–Crippen LogP) is 1.36. The lowest BCUT2D eigenvalue weighted by Gasteiger charge is -2.05. The summed E-state index contributed by atoms with van der Waals surface area (Å²) in [6.07, 6.45) is 0. The van der Waals surface area contributed by atoms with E-state index in [1.807, 2.05) is 6.07 Å². The van der Waals surface area contributed by atoms with Gasteiger partial charge in [0.1, 0.15) is 5.69 Å². The fraction of sp³-hybridized carbons (Fsp3) is 0.222. The molecular weight excluding hydrogens is 182 g/mol. The van der Waals surface area contributed by atoms with Crippen LogP contribution in [0.15, 0.2) is 23.4 Å². The van der Waals surface area contributed by atoms with Gasteiger partial charge in [0.2, 0.25) is 0 Å². The number of anilines is 1. The number of rotatable bonds is 4. The Morgan fingerprint density at radius 3 is 2.93 bits per heavy atom. The summed E-state index contributed by atoms with van der Waals surface area (Å²) in [5, 5.41) is 22.7. The number of nitrogens with zero attached hydrogens (tertiary/aromatic N) is 2.